The Labute approximate surface area is 87.4 Å². The van der Waals surface area contributed by atoms with Gasteiger partial charge in [0.25, 0.3) is 5.91 Å². The Morgan fingerprint density at radius 2 is 2.40 bits per heavy atom. The predicted octanol–water partition coefficient (Wildman–Crippen LogP) is -0.308. The summed E-state index contributed by atoms with van der Waals surface area (Å²) >= 11 is 0. The second-order valence-corrected chi connectivity index (χ2v) is 3.50. The van der Waals surface area contributed by atoms with Gasteiger partial charge < -0.3 is 20.5 Å². The molecular formula is C9H14N4O2. The summed E-state index contributed by atoms with van der Waals surface area (Å²) in [6.07, 6.45) is 2.33. The zero-order chi connectivity index (χ0) is 10.7. The van der Waals surface area contributed by atoms with Crippen LogP contribution < -0.4 is 11.1 Å². The molecule has 0 aromatic carbocycles. The van der Waals surface area contributed by atoms with Crippen LogP contribution in [0.15, 0.2) is 10.7 Å². The van der Waals surface area contributed by atoms with Gasteiger partial charge in [0.05, 0.1) is 6.20 Å². The molecule has 0 radical (unpaired) electrons. The SMILES string of the molecule is Nc1oncc1C(=O)N1CCCNCC1. The molecule has 1 aliphatic heterocycles. The number of aromatic nitrogens is 1. The van der Waals surface area contributed by atoms with Crippen molar-refractivity contribution >= 4 is 11.8 Å². The van der Waals surface area contributed by atoms with Crippen LogP contribution in [0.1, 0.15) is 16.8 Å². The summed E-state index contributed by atoms with van der Waals surface area (Å²) in [6.45, 7) is 3.21. The van der Waals surface area contributed by atoms with Crippen LogP contribution in [0.4, 0.5) is 5.88 Å². The summed E-state index contributed by atoms with van der Waals surface area (Å²) < 4.78 is 4.67. The van der Waals surface area contributed by atoms with Crippen LogP contribution in [-0.4, -0.2) is 42.1 Å². The Hall–Kier alpha value is -1.56. The van der Waals surface area contributed by atoms with E-state index in [0.717, 1.165) is 26.1 Å². The zero-order valence-electron chi connectivity index (χ0n) is 8.40. The highest BCUT2D eigenvalue weighted by molar-refractivity contribution is 5.97. The number of carbonyl (C=O) groups is 1. The first-order chi connectivity index (χ1) is 7.29. The van der Waals surface area contributed by atoms with E-state index in [4.69, 9.17) is 5.73 Å². The lowest BCUT2D eigenvalue weighted by Crippen LogP contribution is -2.34. The van der Waals surface area contributed by atoms with Crippen molar-refractivity contribution in [3.63, 3.8) is 0 Å². The standard InChI is InChI=1S/C9H14N4O2/c10-8-7(6-12-15-8)9(14)13-4-1-2-11-3-5-13/h6,11H,1-5,10H2. The Balaban J connectivity index is 2.09. The van der Waals surface area contributed by atoms with E-state index in [9.17, 15) is 4.79 Å². The molecule has 1 saturated heterocycles. The third-order valence-electron chi connectivity index (χ3n) is 2.46. The fourth-order valence-corrected chi connectivity index (χ4v) is 1.63. The smallest absolute Gasteiger partial charge is 0.261 e. The molecule has 1 fully saturated rings. The molecule has 1 aromatic heterocycles. The molecule has 3 N–H and O–H groups in total. The fourth-order valence-electron chi connectivity index (χ4n) is 1.63. The fraction of sp³-hybridized carbons (Fsp3) is 0.556. The number of anilines is 1. The van der Waals surface area contributed by atoms with Gasteiger partial charge in [0.1, 0.15) is 5.56 Å². The van der Waals surface area contributed by atoms with Gasteiger partial charge in [0, 0.05) is 19.6 Å². The maximum atomic E-state index is 12.0. The van der Waals surface area contributed by atoms with Gasteiger partial charge in [-0.15, -0.1) is 0 Å². The van der Waals surface area contributed by atoms with Crippen molar-refractivity contribution in [3.8, 4) is 0 Å². The molecule has 0 aliphatic carbocycles. The summed E-state index contributed by atoms with van der Waals surface area (Å²) in [7, 11) is 0. The molecule has 15 heavy (non-hydrogen) atoms. The van der Waals surface area contributed by atoms with Gasteiger partial charge in [-0.3, -0.25) is 4.79 Å². The second-order valence-electron chi connectivity index (χ2n) is 3.50. The van der Waals surface area contributed by atoms with E-state index in [-0.39, 0.29) is 11.8 Å². The highest BCUT2D eigenvalue weighted by atomic mass is 16.5. The van der Waals surface area contributed by atoms with E-state index in [1.165, 1.54) is 6.20 Å². The first-order valence-corrected chi connectivity index (χ1v) is 4.99. The minimum Gasteiger partial charge on any atom is -0.367 e. The van der Waals surface area contributed by atoms with Crippen molar-refractivity contribution in [1.82, 2.24) is 15.4 Å². The van der Waals surface area contributed by atoms with Crippen LogP contribution in [0.25, 0.3) is 0 Å². The van der Waals surface area contributed by atoms with E-state index in [2.05, 4.69) is 15.0 Å². The lowest BCUT2D eigenvalue weighted by molar-refractivity contribution is 0.0767. The Kier molecular flexibility index (Phi) is 2.86. The number of hydrogen-bond donors (Lipinski definition) is 2. The maximum absolute atomic E-state index is 12.0. The minimum absolute atomic E-state index is 0.0946. The van der Waals surface area contributed by atoms with E-state index < -0.39 is 0 Å². The summed E-state index contributed by atoms with van der Waals surface area (Å²) in [4.78, 5) is 13.7. The Morgan fingerprint density at radius 3 is 3.13 bits per heavy atom. The first kappa shape index (κ1) is 9.97. The highest BCUT2D eigenvalue weighted by Crippen LogP contribution is 2.13. The maximum Gasteiger partial charge on any atom is 0.261 e. The lowest BCUT2D eigenvalue weighted by atomic mass is 10.2. The number of nitrogen functional groups attached to an aromatic ring is 1. The minimum atomic E-state index is -0.0996. The summed E-state index contributed by atoms with van der Waals surface area (Å²) in [6, 6.07) is 0. The predicted molar refractivity (Wildman–Crippen MR) is 54.3 cm³/mol. The molecule has 0 bridgehead atoms. The topological polar surface area (TPSA) is 84.4 Å². The van der Waals surface area contributed by atoms with Gasteiger partial charge in [-0.05, 0) is 13.0 Å². The van der Waals surface area contributed by atoms with Gasteiger partial charge >= 0.3 is 0 Å². The van der Waals surface area contributed by atoms with Crippen molar-refractivity contribution < 1.29 is 9.32 Å². The van der Waals surface area contributed by atoms with E-state index >= 15 is 0 Å². The van der Waals surface area contributed by atoms with Crippen molar-refractivity contribution in [2.24, 2.45) is 0 Å². The lowest BCUT2D eigenvalue weighted by Gasteiger charge is -2.18. The molecule has 2 heterocycles. The van der Waals surface area contributed by atoms with Gasteiger partial charge in [-0.25, -0.2) is 0 Å². The molecule has 1 amide bonds. The van der Waals surface area contributed by atoms with Crippen LogP contribution in [0.5, 0.6) is 0 Å². The van der Waals surface area contributed by atoms with Gasteiger partial charge in [-0.2, -0.15) is 0 Å². The van der Waals surface area contributed by atoms with Crippen LogP contribution >= 0.6 is 0 Å². The average molecular weight is 210 g/mol. The molecule has 0 unspecified atom stereocenters. The molecule has 0 atom stereocenters. The molecule has 0 saturated carbocycles. The van der Waals surface area contributed by atoms with Crippen LogP contribution in [0.3, 0.4) is 0 Å². The Bertz CT molecular complexity index is 342. The molecule has 82 valence electrons. The van der Waals surface area contributed by atoms with E-state index in [1.54, 1.807) is 4.90 Å². The quantitative estimate of drug-likeness (QED) is 0.664. The number of carbonyl (C=O) groups excluding carboxylic acids is 1. The molecule has 0 spiro atoms. The summed E-state index contributed by atoms with van der Waals surface area (Å²) in [5, 5.41) is 6.73. The van der Waals surface area contributed by atoms with Crippen molar-refractivity contribution in [1.29, 1.82) is 0 Å². The summed E-state index contributed by atoms with van der Waals surface area (Å²) in [5.41, 5.74) is 5.85. The van der Waals surface area contributed by atoms with Crippen molar-refractivity contribution in [2.75, 3.05) is 31.9 Å². The monoisotopic (exact) mass is 210 g/mol. The van der Waals surface area contributed by atoms with Crippen molar-refractivity contribution in [2.45, 2.75) is 6.42 Å². The largest absolute Gasteiger partial charge is 0.367 e. The number of rotatable bonds is 1. The van der Waals surface area contributed by atoms with Gasteiger partial charge in [0.2, 0.25) is 5.88 Å². The zero-order valence-corrected chi connectivity index (χ0v) is 8.40. The first-order valence-electron chi connectivity index (χ1n) is 4.99. The van der Waals surface area contributed by atoms with Crippen molar-refractivity contribution in [3.05, 3.63) is 11.8 Å². The van der Waals surface area contributed by atoms with Gasteiger partial charge in [-0.1, -0.05) is 5.16 Å². The number of nitrogens with zero attached hydrogens (tertiary/aromatic N) is 2. The normalized spacial score (nSPS) is 17.5. The molecular weight excluding hydrogens is 196 g/mol. The van der Waals surface area contributed by atoms with Crippen LogP contribution in [-0.2, 0) is 0 Å². The molecule has 1 aromatic rings. The number of nitrogens with one attached hydrogen (secondary N) is 1. The molecule has 2 rings (SSSR count). The van der Waals surface area contributed by atoms with E-state index in [0.29, 0.717) is 12.1 Å². The number of amides is 1. The number of nitrogens with two attached hydrogens (primary N) is 1. The van der Waals surface area contributed by atoms with Crippen LogP contribution in [0, 0.1) is 0 Å². The average Bonchev–Trinajstić information content (AvgIpc) is 2.53. The molecule has 6 heteroatoms. The second kappa shape index (κ2) is 4.31. The third kappa shape index (κ3) is 2.10. The van der Waals surface area contributed by atoms with E-state index in [1.807, 2.05) is 0 Å². The van der Waals surface area contributed by atoms with Gasteiger partial charge in [0.15, 0.2) is 0 Å². The molecule has 6 nitrogen and oxygen atoms in total. The molecule has 1 aliphatic rings. The van der Waals surface area contributed by atoms with Crippen LogP contribution in [0.2, 0.25) is 0 Å². The summed E-state index contributed by atoms with van der Waals surface area (Å²) in [5.74, 6) is -0.00495. The number of hydrogen-bond acceptors (Lipinski definition) is 5. The highest BCUT2D eigenvalue weighted by Gasteiger charge is 2.21. The Morgan fingerprint density at radius 1 is 1.53 bits per heavy atom. The third-order valence-corrected chi connectivity index (χ3v) is 2.46.